The number of nitrogens with one attached hydrogen (secondary N) is 3. The molecule has 0 radical (unpaired) electrons. The number of benzene rings is 1. The fourth-order valence-corrected chi connectivity index (χ4v) is 1.97. The van der Waals surface area contributed by atoms with Crippen LogP contribution in [0.2, 0.25) is 0 Å². The highest BCUT2D eigenvalue weighted by molar-refractivity contribution is 5.86. The quantitative estimate of drug-likeness (QED) is 0.516. The average molecular weight is 325 g/mol. The molecule has 3 amide bonds. The van der Waals surface area contributed by atoms with Crippen molar-refractivity contribution < 1.29 is 19.1 Å². The molecule has 0 spiro atoms. The Labute approximate surface area is 135 Å². The predicted molar refractivity (Wildman–Crippen MR) is 85.2 cm³/mol. The van der Waals surface area contributed by atoms with Crippen LogP contribution in [0.15, 0.2) is 24.3 Å². The molecule has 0 aliphatic heterocycles. The third-order valence-electron chi connectivity index (χ3n) is 3.20. The Balaban J connectivity index is 2.43. The van der Waals surface area contributed by atoms with Crippen molar-refractivity contribution in [3.05, 3.63) is 35.6 Å². The Morgan fingerprint density at radius 1 is 1.22 bits per heavy atom. The van der Waals surface area contributed by atoms with E-state index in [1.165, 1.54) is 12.1 Å². The lowest BCUT2D eigenvalue weighted by Crippen LogP contribution is -2.50. The molecule has 1 unspecified atom stereocenters. The van der Waals surface area contributed by atoms with Gasteiger partial charge in [0.1, 0.15) is 11.9 Å². The number of carbonyl (C=O) groups is 2. The van der Waals surface area contributed by atoms with E-state index in [0.29, 0.717) is 19.4 Å². The molecule has 6 nitrogen and oxygen atoms in total. The van der Waals surface area contributed by atoms with Crippen molar-refractivity contribution in [1.82, 2.24) is 16.0 Å². The van der Waals surface area contributed by atoms with Crippen molar-refractivity contribution >= 4 is 11.9 Å². The lowest BCUT2D eigenvalue weighted by atomic mass is 10.1. The van der Waals surface area contributed by atoms with Gasteiger partial charge >= 0.3 is 6.03 Å². The molecule has 0 aliphatic carbocycles. The van der Waals surface area contributed by atoms with Crippen LogP contribution in [0.5, 0.6) is 0 Å². The summed E-state index contributed by atoms with van der Waals surface area (Å²) in [5.41, 5.74) is 0.765. The number of hydrogen-bond acceptors (Lipinski definition) is 3. The maximum absolute atomic E-state index is 12.8. The smallest absolute Gasteiger partial charge is 0.315 e. The highest BCUT2D eigenvalue weighted by atomic mass is 19.1. The summed E-state index contributed by atoms with van der Waals surface area (Å²) in [5, 5.41) is 16.6. The monoisotopic (exact) mass is 325 g/mol. The summed E-state index contributed by atoms with van der Waals surface area (Å²) < 4.78 is 12.8. The third kappa shape index (κ3) is 7.60. The number of carbonyl (C=O) groups excluding carboxylic acids is 2. The molecular weight excluding hydrogens is 301 g/mol. The minimum absolute atomic E-state index is 0.00427. The van der Waals surface area contributed by atoms with Crippen LogP contribution in [-0.2, 0) is 11.3 Å². The van der Waals surface area contributed by atoms with Crippen LogP contribution in [0.3, 0.4) is 0 Å². The van der Waals surface area contributed by atoms with E-state index in [1.54, 1.807) is 12.1 Å². The van der Waals surface area contributed by atoms with Gasteiger partial charge in [-0.2, -0.15) is 0 Å². The Hall–Kier alpha value is -2.15. The molecule has 0 heterocycles. The maximum Gasteiger partial charge on any atom is 0.315 e. The molecule has 0 aromatic heterocycles. The number of aliphatic hydroxyl groups is 1. The van der Waals surface area contributed by atoms with E-state index in [-0.39, 0.29) is 24.9 Å². The Bertz CT molecular complexity index is 494. The third-order valence-corrected chi connectivity index (χ3v) is 3.20. The van der Waals surface area contributed by atoms with Crippen molar-refractivity contribution in [3.63, 3.8) is 0 Å². The Morgan fingerprint density at radius 2 is 1.91 bits per heavy atom. The van der Waals surface area contributed by atoms with Crippen LogP contribution < -0.4 is 16.0 Å². The van der Waals surface area contributed by atoms with Gasteiger partial charge in [-0.15, -0.1) is 0 Å². The second-order valence-electron chi connectivity index (χ2n) is 5.16. The second kappa shape index (κ2) is 10.6. The molecular formula is C16H24FN3O3. The minimum atomic E-state index is -0.619. The van der Waals surface area contributed by atoms with Crippen molar-refractivity contribution in [2.24, 2.45) is 0 Å². The SMILES string of the molecule is CCCC(NC(=O)NCc1ccc(F)cc1)C(=O)NCCCO. The van der Waals surface area contributed by atoms with E-state index < -0.39 is 12.1 Å². The van der Waals surface area contributed by atoms with Gasteiger partial charge in [-0.05, 0) is 30.5 Å². The summed E-state index contributed by atoms with van der Waals surface area (Å²) in [7, 11) is 0. The number of rotatable bonds is 9. The molecule has 0 fully saturated rings. The summed E-state index contributed by atoms with van der Waals surface area (Å²) >= 11 is 0. The number of amides is 3. The van der Waals surface area contributed by atoms with Crippen molar-refractivity contribution in [3.8, 4) is 0 Å². The molecule has 7 heteroatoms. The number of aliphatic hydroxyl groups excluding tert-OH is 1. The summed E-state index contributed by atoms with van der Waals surface area (Å²) in [6.07, 6.45) is 1.74. The molecule has 1 aromatic rings. The molecule has 0 bridgehead atoms. The summed E-state index contributed by atoms with van der Waals surface area (Å²) in [6.45, 7) is 2.54. The molecule has 1 aromatic carbocycles. The largest absolute Gasteiger partial charge is 0.396 e. The zero-order valence-corrected chi connectivity index (χ0v) is 13.3. The van der Waals surface area contributed by atoms with Crippen molar-refractivity contribution in [1.29, 1.82) is 0 Å². The summed E-state index contributed by atoms with van der Waals surface area (Å²) in [5.74, 6) is -0.599. The molecule has 0 saturated heterocycles. The van der Waals surface area contributed by atoms with Crippen molar-refractivity contribution in [2.75, 3.05) is 13.2 Å². The normalized spacial score (nSPS) is 11.6. The van der Waals surface area contributed by atoms with Crippen LogP contribution in [-0.4, -0.2) is 36.2 Å². The first-order chi connectivity index (χ1) is 11.1. The van der Waals surface area contributed by atoms with Gasteiger partial charge in [-0.3, -0.25) is 4.79 Å². The van der Waals surface area contributed by atoms with Crippen LogP contribution in [0.1, 0.15) is 31.7 Å². The lowest BCUT2D eigenvalue weighted by Gasteiger charge is -2.18. The lowest BCUT2D eigenvalue weighted by molar-refractivity contribution is -0.123. The van der Waals surface area contributed by atoms with Gasteiger partial charge in [0.05, 0.1) is 0 Å². The van der Waals surface area contributed by atoms with Crippen molar-refractivity contribution in [2.45, 2.75) is 38.8 Å². The van der Waals surface area contributed by atoms with Gasteiger partial charge in [0.2, 0.25) is 5.91 Å². The van der Waals surface area contributed by atoms with Crippen LogP contribution >= 0.6 is 0 Å². The fourth-order valence-electron chi connectivity index (χ4n) is 1.97. The van der Waals surface area contributed by atoms with E-state index in [1.807, 2.05) is 6.92 Å². The van der Waals surface area contributed by atoms with Gasteiger partial charge < -0.3 is 21.1 Å². The zero-order chi connectivity index (χ0) is 17.1. The molecule has 23 heavy (non-hydrogen) atoms. The average Bonchev–Trinajstić information content (AvgIpc) is 2.54. The number of urea groups is 1. The fraction of sp³-hybridized carbons (Fsp3) is 0.500. The molecule has 128 valence electrons. The highest BCUT2D eigenvalue weighted by Crippen LogP contribution is 2.02. The van der Waals surface area contributed by atoms with Gasteiger partial charge in [0.25, 0.3) is 0 Å². The highest BCUT2D eigenvalue weighted by Gasteiger charge is 2.19. The predicted octanol–water partition coefficient (Wildman–Crippen LogP) is 1.29. The topological polar surface area (TPSA) is 90.5 Å². The van der Waals surface area contributed by atoms with Gasteiger partial charge in [-0.25, -0.2) is 9.18 Å². The first-order valence-electron chi connectivity index (χ1n) is 7.74. The summed E-state index contributed by atoms with van der Waals surface area (Å²) in [4.78, 5) is 23.9. The van der Waals surface area contributed by atoms with E-state index in [0.717, 1.165) is 12.0 Å². The Morgan fingerprint density at radius 3 is 2.52 bits per heavy atom. The van der Waals surface area contributed by atoms with E-state index in [4.69, 9.17) is 5.11 Å². The first-order valence-corrected chi connectivity index (χ1v) is 7.74. The standard InChI is InChI=1S/C16H24FN3O3/c1-2-4-14(15(22)18-9-3-10-21)20-16(23)19-11-12-5-7-13(17)8-6-12/h5-8,14,21H,2-4,9-11H2,1H3,(H,18,22)(H2,19,20,23). The molecule has 4 N–H and O–H groups in total. The van der Waals surface area contributed by atoms with Gasteiger partial charge in [0.15, 0.2) is 0 Å². The molecule has 1 atom stereocenters. The number of halogens is 1. The molecule has 0 saturated carbocycles. The van der Waals surface area contributed by atoms with Gasteiger partial charge in [0, 0.05) is 19.7 Å². The van der Waals surface area contributed by atoms with Crippen LogP contribution in [0.25, 0.3) is 0 Å². The van der Waals surface area contributed by atoms with E-state index in [9.17, 15) is 14.0 Å². The van der Waals surface area contributed by atoms with E-state index in [2.05, 4.69) is 16.0 Å². The molecule has 1 rings (SSSR count). The summed E-state index contributed by atoms with van der Waals surface area (Å²) in [6, 6.07) is 4.74. The zero-order valence-electron chi connectivity index (χ0n) is 13.3. The van der Waals surface area contributed by atoms with E-state index >= 15 is 0 Å². The van der Waals surface area contributed by atoms with Crippen LogP contribution in [0, 0.1) is 5.82 Å². The maximum atomic E-state index is 12.8. The second-order valence-corrected chi connectivity index (χ2v) is 5.16. The Kier molecular flexibility index (Phi) is 8.67. The van der Waals surface area contributed by atoms with Crippen LogP contribution in [0.4, 0.5) is 9.18 Å². The minimum Gasteiger partial charge on any atom is -0.396 e. The van der Waals surface area contributed by atoms with Gasteiger partial charge in [-0.1, -0.05) is 25.5 Å². The first kappa shape index (κ1) is 18.9. The molecule has 0 aliphatic rings. The number of hydrogen-bond donors (Lipinski definition) is 4.